The molecule has 0 radical (unpaired) electrons. The first kappa shape index (κ1) is 15.0. The zero-order chi connectivity index (χ0) is 14.9. The summed E-state index contributed by atoms with van der Waals surface area (Å²) in [4.78, 5) is 15.7. The number of amides is 1. The topological polar surface area (TPSA) is 63.2 Å². The van der Waals surface area contributed by atoms with E-state index in [0.717, 1.165) is 16.9 Å². The molecular weight excluding hydrogens is 266 g/mol. The Hall–Kier alpha value is -2.40. The molecule has 0 aliphatic heterocycles. The van der Waals surface area contributed by atoms with E-state index < -0.39 is 0 Å². The van der Waals surface area contributed by atoms with Crippen LogP contribution in [0.3, 0.4) is 0 Å². The fourth-order valence-electron chi connectivity index (χ4n) is 1.93. The summed E-state index contributed by atoms with van der Waals surface area (Å²) in [7, 11) is 1.64. The number of pyridine rings is 1. The summed E-state index contributed by atoms with van der Waals surface area (Å²) in [6, 6.07) is 11.5. The number of hydrogen-bond acceptors (Lipinski definition) is 4. The van der Waals surface area contributed by atoms with Crippen molar-refractivity contribution in [3.05, 3.63) is 59.9 Å². The Morgan fingerprint density at radius 2 is 2.05 bits per heavy atom. The Labute approximate surface area is 124 Å². The summed E-state index contributed by atoms with van der Waals surface area (Å²) in [6.07, 6.45) is 3.45. The number of carbonyl (C=O) groups excluding carboxylic acids is 1. The molecule has 2 aromatic rings. The van der Waals surface area contributed by atoms with E-state index in [9.17, 15) is 4.79 Å². The smallest absolute Gasteiger partial charge is 0.234 e. The Morgan fingerprint density at radius 1 is 1.19 bits per heavy atom. The van der Waals surface area contributed by atoms with Gasteiger partial charge < -0.3 is 15.4 Å². The minimum absolute atomic E-state index is 0.0475. The third-order valence-electron chi connectivity index (χ3n) is 3.01. The summed E-state index contributed by atoms with van der Waals surface area (Å²) < 4.78 is 5.26. The molecule has 5 nitrogen and oxygen atoms in total. The SMILES string of the molecule is COc1ccccc1CNCC(=O)NCc1cccnc1. The summed E-state index contributed by atoms with van der Waals surface area (Å²) in [5.41, 5.74) is 2.01. The van der Waals surface area contributed by atoms with E-state index in [1.165, 1.54) is 0 Å². The van der Waals surface area contributed by atoms with E-state index in [1.807, 2.05) is 36.4 Å². The van der Waals surface area contributed by atoms with Gasteiger partial charge in [-0.2, -0.15) is 0 Å². The Kier molecular flexibility index (Phi) is 5.72. The quantitative estimate of drug-likeness (QED) is 0.809. The largest absolute Gasteiger partial charge is 0.496 e. The highest BCUT2D eigenvalue weighted by molar-refractivity contribution is 5.77. The molecule has 1 aromatic carbocycles. The number of aromatic nitrogens is 1. The first-order valence-corrected chi connectivity index (χ1v) is 6.78. The maximum absolute atomic E-state index is 11.7. The summed E-state index contributed by atoms with van der Waals surface area (Å²) >= 11 is 0. The van der Waals surface area contributed by atoms with Gasteiger partial charge >= 0.3 is 0 Å². The molecule has 0 unspecified atom stereocenters. The zero-order valence-electron chi connectivity index (χ0n) is 12.0. The molecule has 1 heterocycles. The van der Waals surface area contributed by atoms with Crippen LogP contribution in [0, 0.1) is 0 Å². The van der Waals surface area contributed by atoms with Crippen molar-refractivity contribution < 1.29 is 9.53 Å². The number of benzene rings is 1. The van der Waals surface area contributed by atoms with Gasteiger partial charge in [0.2, 0.25) is 5.91 Å². The van der Waals surface area contributed by atoms with Crippen LogP contribution in [0.5, 0.6) is 5.75 Å². The zero-order valence-corrected chi connectivity index (χ0v) is 12.0. The van der Waals surface area contributed by atoms with E-state index in [1.54, 1.807) is 19.5 Å². The molecule has 1 aromatic heterocycles. The van der Waals surface area contributed by atoms with Crippen molar-refractivity contribution in [2.45, 2.75) is 13.1 Å². The molecule has 2 N–H and O–H groups in total. The van der Waals surface area contributed by atoms with E-state index >= 15 is 0 Å². The summed E-state index contributed by atoms with van der Waals surface area (Å²) in [6.45, 7) is 1.34. The van der Waals surface area contributed by atoms with E-state index in [0.29, 0.717) is 13.1 Å². The van der Waals surface area contributed by atoms with Crippen molar-refractivity contribution in [1.82, 2.24) is 15.6 Å². The van der Waals surface area contributed by atoms with E-state index in [-0.39, 0.29) is 12.5 Å². The highest BCUT2D eigenvalue weighted by Gasteiger charge is 2.04. The molecule has 0 spiro atoms. The normalized spacial score (nSPS) is 10.1. The number of hydrogen-bond donors (Lipinski definition) is 2. The van der Waals surface area contributed by atoms with Crippen LogP contribution in [-0.2, 0) is 17.9 Å². The van der Waals surface area contributed by atoms with Crippen LogP contribution in [0.25, 0.3) is 0 Å². The van der Waals surface area contributed by atoms with Gasteiger partial charge in [-0.05, 0) is 17.7 Å². The first-order chi connectivity index (χ1) is 10.3. The molecule has 2 rings (SSSR count). The molecule has 21 heavy (non-hydrogen) atoms. The highest BCUT2D eigenvalue weighted by Crippen LogP contribution is 2.16. The second kappa shape index (κ2) is 8.01. The van der Waals surface area contributed by atoms with Crippen LogP contribution >= 0.6 is 0 Å². The number of rotatable bonds is 7. The maximum Gasteiger partial charge on any atom is 0.234 e. The molecule has 110 valence electrons. The molecule has 0 aliphatic carbocycles. The van der Waals surface area contributed by atoms with E-state index in [4.69, 9.17) is 4.74 Å². The van der Waals surface area contributed by atoms with Gasteiger partial charge in [0.25, 0.3) is 0 Å². The van der Waals surface area contributed by atoms with Gasteiger partial charge in [0, 0.05) is 31.0 Å². The molecule has 0 saturated carbocycles. The van der Waals surface area contributed by atoms with Crippen LogP contribution < -0.4 is 15.4 Å². The molecular formula is C16H19N3O2. The Balaban J connectivity index is 1.72. The molecule has 0 fully saturated rings. The van der Waals surface area contributed by atoms with Gasteiger partial charge in [0.15, 0.2) is 0 Å². The standard InChI is InChI=1S/C16H19N3O2/c1-21-15-7-3-2-6-14(15)11-18-12-16(20)19-10-13-5-4-8-17-9-13/h2-9,18H,10-12H2,1H3,(H,19,20). The monoisotopic (exact) mass is 285 g/mol. The second-order valence-electron chi connectivity index (χ2n) is 4.55. The first-order valence-electron chi connectivity index (χ1n) is 6.78. The number of nitrogens with zero attached hydrogens (tertiary/aromatic N) is 1. The van der Waals surface area contributed by atoms with Crippen LogP contribution in [-0.4, -0.2) is 24.5 Å². The number of carbonyl (C=O) groups is 1. The average Bonchev–Trinajstić information content (AvgIpc) is 2.54. The predicted octanol–water partition coefficient (Wildman–Crippen LogP) is 1.50. The third kappa shape index (κ3) is 4.89. The van der Waals surface area contributed by atoms with Gasteiger partial charge in [0.1, 0.15) is 5.75 Å². The van der Waals surface area contributed by atoms with Crippen LogP contribution in [0.1, 0.15) is 11.1 Å². The molecule has 0 atom stereocenters. The number of para-hydroxylation sites is 1. The minimum Gasteiger partial charge on any atom is -0.496 e. The summed E-state index contributed by atoms with van der Waals surface area (Å²) in [5.74, 6) is 0.773. The lowest BCUT2D eigenvalue weighted by molar-refractivity contribution is -0.120. The highest BCUT2D eigenvalue weighted by atomic mass is 16.5. The average molecular weight is 285 g/mol. The fourth-order valence-corrected chi connectivity index (χ4v) is 1.93. The van der Waals surface area contributed by atoms with Crippen LogP contribution in [0.15, 0.2) is 48.8 Å². The second-order valence-corrected chi connectivity index (χ2v) is 4.55. The van der Waals surface area contributed by atoms with Gasteiger partial charge in [0.05, 0.1) is 13.7 Å². The number of methoxy groups -OCH3 is 1. The van der Waals surface area contributed by atoms with Crippen molar-refractivity contribution in [2.24, 2.45) is 0 Å². The lowest BCUT2D eigenvalue weighted by atomic mass is 10.2. The van der Waals surface area contributed by atoms with Gasteiger partial charge in [-0.15, -0.1) is 0 Å². The molecule has 0 bridgehead atoms. The Morgan fingerprint density at radius 3 is 2.81 bits per heavy atom. The van der Waals surface area contributed by atoms with Crippen molar-refractivity contribution in [3.8, 4) is 5.75 Å². The molecule has 1 amide bonds. The third-order valence-corrected chi connectivity index (χ3v) is 3.01. The van der Waals surface area contributed by atoms with Crippen molar-refractivity contribution >= 4 is 5.91 Å². The van der Waals surface area contributed by atoms with E-state index in [2.05, 4.69) is 15.6 Å². The molecule has 5 heteroatoms. The predicted molar refractivity (Wildman–Crippen MR) is 80.8 cm³/mol. The lowest BCUT2D eigenvalue weighted by Gasteiger charge is -2.09. The van der Waals surface area contributed by atoms with Crippen molar-refractivity contribution in [1.29, 1.82) is 0 Å². The van der Waals surface area contributed by atoms with Gasteiger partial charge in [-0.3, -0.25) is 9.78 Å². The Bertz CT molecular complexity index is 573. The minimum atomic E-state index is -0.0475. The van der Waals surface area contributed by atoms with Gasteiger partial charge in [-0.25, -0.2) is 0 Å². The van der Waals surface area contributed by atoms with Crippen LogP contribution in [0.4, 0.5) is 0 Å². The summed E-state index contributed by atoms with van der Waals surface area (Å²) in [5, 5.41) is 5.95. The van der Waals surface area contributed by atoms with Crippen molar-refractivity contribution in [3.63, 3.8) is 0 Å². The number of nitrogens with one attached hydrogen (secondary N) is 2. The van der Waals surface area contributed by atoms with Crippen LogP contribution in [0.2, 0.25) is 0 Å². The molecule has 0 saturated heterocycles. The molecule has 0 aliphatic rings. The maximum atomic E-state index is 11.7. The van der Waals surface area contributed by atoms with Crippen molar-refractivity contribution in [2.75, 3.05) is 13.7 Å². The van der Waals surface area contributed by atoms with Gasteiger partial charge in [-0.1, -0.05) is 24.3 Å². The number of ether oxygens (including phenoxy) is 1. The fraction of sp³-hybridized carbons (Fsp3) is 0.250. The lowest BCUT2D eigenvalue weighted by Crippen LogP contribution is -2.33.